The number of hydrogen-bond donors (Lipinski definition) is 3. The van der Waals surface area contributed by atoms with Crippen LogP contribution in [0.25, 0.3) is 0 Å². The summed E-state index contributed by atoms with van der Waals surface area (Å²) in [6.45, 7) is 3.61. The minimum atomic E-state index is -0.993. The van der Waals surface area contributed by atoms with E-state index in [2.05, 4.69) is 15.6 Å². The Morgan fingerprint density at radius 2 is 1.77 bits per heavy atom. The molecule has 0 bridgehead atoms. The molecule has 8 heteroatoms. The maximum atomic E-state index is 12.5. The van der Waals surface area contributed by atoms with Gasteiger partial charge in [-0.1, -0.05) is 13.8 Å². The van der Waals surface area contributed by atoms with Crippen LogP contribution < -0.4 is 10.6 Å². The van der Waals surface area contributed by atoms with E-state index in [1.165, 1.54) is 23.7 Å². The first-order valence-electron chi connectivity index (χ1n) is 8.24. The summed E-state index contributed by atoms with van der Waals surface area (Å²) in [7, 11) is 0. The molecule has 138 valence electrons. The van der Waals surface area contributed by atoms with Crippen molar-refractivity contribution in [2.24, 2.45) is 5.41 Å². The Morgan fingerprint density at radius 3 is 2.35 bits per heavy atom. The van der Waals surface area contributed by atoms with E-state index < -0.39 is 17.3 Å². The van der Waals surface area contributed by atoms with Crippen LogP contribution in [0.3, 0.4) is 0 Å². The van der Waals surface area contributed by atoms with Crippen LogP contribution in [0.15, 0.2) is 36.0 Å². The number of carboxylic acids is 1. The number of thiophene rings is 1. The highest BCUT2D eigenvalue weighted by Gasteiger charge is 2.35. The molecule has 0 saturated heterocycles. The number of hydrogen-bond acceptors (Lipinski definition) is 5. The molecule has 0 atom stereocenters. The Labute approximate surface area is 155 Å². The summed E-state index contributed by atoms with van der Waals surface area (Å²) in [6.07, 6.45) is 3.85. The fourth-order valence-electron chi connectivity index (χ4n) is 2.49. The normalized spacial score (nSPS) is 11.0. The van der Waals surface area contributed by atoms with Crippen LogP contribution in [-0.4, -0.2) is 34.4 Å². The van der Waals surface area contributed by atoms with Gasteiger partial charge in [-0.15, -0.1) is 11.3 Å². The number of carboxylic acid groups (broad SMARTS) is 1. The van der Waals surface area contributed by atoms with E-state index >= 15 is 0 Å². The summed E-state index contributed by atoms with van der Waals surface area (Å²) >= 11 is 1.18. The average molecular weight is 375 g/mol. The van der Waals surface area contributed by atoms with Crippen molar-refractivity contribution in [2.75, 3.05) is 11.9 Å². The van der Waals surface area contributed by atoms with Gasteiger partial charge in [-0.2, -0.15) is 0 Å². The first-order valence-corrected chi connectivity index (χ1v) is 9.12. The monoisotopic (exact) mass is 375 g/mol. The molecular formula is C18H21N3O4S. The number of nitrogens with one attached hydrogen (secondary N) is 2. The number of pyridine rings is 1. The Balaban J connectivity index is 2.08. The van der Waals surface area contributed by atoms with Gasteiger partial charge in [-0.25, -0.2) is 0 Å². The molecule has 0 aliphatic rings. The van der Waals surface area contributed by atoms with Crippen molar-refractivity contribution >= 4 is 34.8 Å². The van der Waals surface area contributed by atoms with Gasteiger partial charge in [0.25, 0.3) is 11.8 Å². The van der Waals surface area contributed by atoms with E-state index in [9.17, 15) is 19.5 Å². The third kappa shape index (κ3) is 4.26. The molecular weight excluding hydrogens is 354 g/mol. The minimum Gasteiger partial charge on any atom is -0.481 e. The molecule has 2 rings (SSSR count). The zero-order valence-electron chi connectivity index (χ0n) is 14.6. The molecule has 2 heterocycles. The van der Waals surface area contributed by atoms with Gasteiger partial charge >= 0.3 is 5.97 Å². The third-order valence-electron chi connectivity index (χ3n) is 4.46. The van der Waals surface area contributed by atoms with Crippen LogP contribution in [0, 0.1) is 5.41 Å². The number of rotatable bonds is 8. The number of carbonyl (C=O) groups excluding carboxylic acids is 2. The van der Waals surface area contributed by atoms with E-state index in [4.69, 9.17) is 0 Å². The van der Waals surface area contributed by atoms with Crippen molar-refractivity contribution in [3.8, 4) is 0 Å². The Bertz CT molecular complexity index is 785. The van der Waals surface area contributed by atoms with E-state index in [1.54, 1.807) is 37.4 Å². The molecule has 0 unspecified atom stereocenters. The molecule has 26 heavy (non-hydrogen) atoms. The number of aromatic nitrogens is 1. The number of anilines is 1. The minimum absolute atomic E-state index is 0.0316. The molecule has 0 fully saturated rings. The third-order valence-corrected chi connectivity index (χ3v) is 5.37. The summed E-state index contributed by atoms with van der Waals surface area (Å²) in [4.78, 5) is 40.5. The van der Waals surface area contributed by atoms with Crippen molar-refractivity contribution in [2.45, 2.75) is 26.7 Å². The first-order chi connectivity index (χ1) is 12.4. The summed E-state index contributed by atoms with van der Waals surface area (Å²) in [5.74, 6) is -1.68. The topological polar surface area (TPSA) is 108 Å². The average Bonchev–Trinajstić information content (AvgIpc) is 3.11. The van der Waals surface area contributed by atoms with Crippen LogP contribution in [0.1, 0.15) is 46.7 Å². The van der Waals surface area contributed by atoms with Gasteiger partial charge in [0.1, 0.15) is 4.88 Å². The highest BCUT2D eigenvalue weighted by atomic mass is 32.1. The summed E-state index contributed by atoms with van der Waals surface area (Å²) in [5, 5.41) is 16.5. The van der Waals surface area contributed by atoms with Crippen molar-refractivity contribution in [1.29, 1.82) is 0 Å². The SMILES string of the molecule is CCC(CC)(CNC(=O)c1sccc1NC(=O)c1ccncc1)C(=O)O. The summed E-state index contributed by atoms with van der Waals surface area (Å²) in [5.41, 5.74) is -0.171. The molecule has 0 aliphatic heterocycles. The lowest BCUT2D eigenvalue weighted by Crippen LogP contribution is -2.42. The fourth-order valence-corrected chi connectivity index (χ4v) is 3.25. The van der Waals surface area contributed by atoms with Crippen LogP contribution in [0.4, 0.5) is 5.69 Å². The Morgan fingerprint density at radius 1 is 1.12 bits per heavy atom. The van der Waals surface area contributed by atoms with Crippen LogP contribution >= 0.6 is 11.3 Å². The number of carbonyl (C=O) groups is 3. The summed E-state index contributed by atoms with van der Waals surface area (Å²) in [6, 6.07) is 4.79. The molecule has 7 nitrogen and oxygen atoms in total. The molecule has 2 amide bonds. The second-order valence-corrected chi connectivity index (χ2v) is 6.74. The molecule has 0 aliphatic carbocycles. The largest absolute Gasteiger partial charge is 0.481 e. The predicted octanol–water partition coefficient (Wildman–Crippen LogP) is 3.02. The fraction of sp³-hybridized carbons (Fsp3) is 0.333. The van der Waals surface area contributed by atoms with E-state index in [-0.39, 0.29) is 12.5 Å². The molecule has 0 radical (unpaired) electrons. The van der Waals surface area contributed by atoms with E-state index in [1.807, 2.05) is 0 Å². The molecule has 0 spiro atoms. The second kappa shape index (κ2) is 8.57. The van der Waals surface area contributed by atoms with E-state index in [0.717, 1.165) is 0 Å². The van der Waals surface area contributed by atoms with Crippen molar-refractivity contribution in [1.82, 2.24) is 10.3 Å². The van der Waals surface area contributed by atoms with Gasteiger partial charge in [0.2, 0.25) is 0 Å². The standard InChI is InChI=1S/C18H21N3O4S/c1-3-18(4-2,17(24)25)11-20-16(23)14-13(7-10-26-14)21-15(22)12-5-8-19-9-6-12/h5-10H,3-4,11H2,1-2H3,(H,20,23)(H,21,22)(H,24,25). The molecule has 2 aromatic rings. The van der Waals surface area contributed by atoms with Crippen molar-refractivity contribution < 1.29 is 19.5 Å². The lowest BCUT2D eigenvalue weighted by molar-refractivity contribution is -0.149. The zero-order chi connectivity index (χ0) is 19.2. The molecule has 2 aromatic heterocycles. The van der Waals surface area contributed by atoms with Crippen LogP contribution in [-0.2, 0) is 4.79 Å². The molecule has 0 aromatic carbocycles. The maximum Gasteiger partial charge on any atom is 0.311 e. The van der Waals surface area contributed by atoms with Crippen molar-refractivity contribution in [3.05, 3.63) is 46.4 Å². The smallest absolute Gasteiger partial charge is 0.311 e. The zero-order valence-corrected chi connectivity index (χ0v) is 15.4. The second-order valence-electron chi connectivity index (χ2n) is 5.83. The van der Waals surface area contributed by atoms with Crippen molar-refractivity contribution in [3.63, 3.8) is 0 Å². The Kier molecular flexibility index (Phi) is 6.46. The van der Waals surface area contributed by atoms with Gasteiger partial charge in [0.05, 0.1) is 11.1 Å². The quantitative estimate of drug-likeness (QED) is 0.657. The van der Waals surface area contributed by atoms with Crippen LogP contribution in [0.5, 0.6) is 0 Å². The van der Waals surface area contributed by atoms with E-state index in [0.29, 0.717) is 29.0 Å². The highest BCUT2D eigenvalue weighted by molar-refractivity contribution is 7.12. The summed E-state index contributed by atoms with van der Waals surface area (Å²) < 4.78 is 0. The van der Waals surface area contributed by atoms with Gasteiger partial charge in [0.15, 0.2) is 0 Å². The number of aliphatic carboxylic acids is 1. The van der Waals surface area contributed by atoms with Gasteiger partial charge < -0.3 is 15.7 Å². The Hall–Kier alpha value is -2.74. The van der Waals surface area contributed by atoms with Gasteiger partial charge in [0, 0.05) is 24.5 Å². The highest BCUT2D eigenvalue weighted by Crippen LogP contribution is 2.27. The van der Waals surface area contributed by atoms with Gasteiger partial charge in [-0.05, 0) is 36.4 Å². The molecule has 0 saturated carbocycles. The predicted molar refractivity (Wildman–Crippen MR) is 99.5 cm³/mol. The van der Waals surface area contributed by atoms with Crippen LogP contribution in [0.2, 0.25) is 0 Å². The van der Waals surface area contributed by atoms with Gasteiger partial charge in [-0.3, -0.25) is 19.4 Å². The first kappa shape index (κ1) is 19.6. The lowest BCUT2D eigenvalue weighted by atomic mass is 9.82. The maximum absolute atomic E-state index is 12.5. The lowest BCUT2D eigenvalue weighted by Gasteiger charge is -2.26. The molecule has 3 N–H and O–H groups in total. The number of nitrogens with zero attached hydrogens (tertiary/aromatic N) is 1. The number of amides is 2.